The van der Waals surface area contributed by atoms with Crippen LogP contribution in [0.5, 0.6) is 0 Å². The van der Waals surface area contributed by atoms with Crippen LogP contribution in [-0.2, 0) is 25.4 Å². The summed E-state index contributed by atoms with van der Waals surface area (Å²) >= 11 is 0. The van der Waals surface area contributed by atoms with Crippen LogP contribution in [0.25, 0.3) is 11.2 Å². The van der Waals surface area contributed by atoms with Crippen molar-refractivity contribution >= 4 is 16.9 Å². The van der Waals surface area contributed by atoms with Gasteiger partial charge in [0.05, 0.1) is 6.33 Å². The molecule has 7 heteroatoms. The van der Waals surface area contributed by atoms with Crippen LogP contribution in [0.15, 0.2) is 15.9 Å². The molecule has 0 unspecified atom stereocenters. The van der Waals surface area contributed by atoms with Crippen LogP contribution < -0.4 is 11.2 Å². The molecule has 0 amide bonds. The molecule has 0 radical (unpaired) electrons. The Bertz CT molecular complexity index is 783. The van der Waals surface area contributed by atoms with Gasteiger partial charge >= 0.3 is 5.69 Å². The number of aromatic nitrogens is 4. The van der Waals surface area contributed by atoms with Gasteiger partial charge in [0.1, 0.15) is 5.78 Å². The van der Waals surface area contributed by atoms with Crippen LogP contribution in [0.3, 0.4) is 0 Å². The zero-order valence-electron chi connectivity index (χ0n) is 14.6. The molecule has 7 nitrogen and oxygen atoms in total. The molecular formula is C16H26N4O3. The molecule has 128 valence electrons. The SMILES string of the molecule is CC(=O)CCCCn1c(=O)c2c(ncn2C)n(C)c1=O.CCC. The fourth-order valence-electron chi connectivity index (χ4n) is 2.24. The van der Waals surface area contributed by atoms with Gasteiger partial charge in [0.25, 0.3) is 5.56 Å². The van der Waals surface area contributed by atoms with Gasteiger partial charge in [-0.3, -0.25) is 13.9 Å². The van der Waals surface area contributed by atoms with Gasteiger partial charge in [-0.05, 0) is 19.8 Å². The number of ketones is 1. The molecule has 0 aliphatic rings. The second-order valence-corrected chi connectivity index (χ2v) is 5.69. The van der Waals surface area contributed by atoms with Crippen molar-refractivity contribution in [3.05, 3.63) is 27.2 Å². The Kier molecular flexibility index (Phi) is 6.93. The van der Waals surface area contributed by atoms with E-state index in [-0.39, 0.29) is 17.0 Å². The Balaban J connectivity index is 0.000000816. The lowest BCUT2D eigenvalue weighted by Crippen LogP contribution is -2.39. The Morgan fingerprint density at radius 2 is 1.78 bits per heavy atom. The van der Waals surface area contributed by atoms with Crippen LogP contribution in [0.1, 0.15) is 46.5 Å². The summed E-state index contributed by atoms with van der Waals surface area (Å²) in [6.45, 7) is 6.10. The molecule has 23 heavy (non-hydrogen) atoms. The molecule has 2 aromatic rings. The molecule has 0 aliphatic carbocycles. The van der Waals surface area contributed by atoms with Crippen LogP contribution in [-0.4, -0.2) is 24.5 Å². The number of hydrogen-bond donors (Lipinski definition) is 0. The number of Topliss-reactive ketones (excluding diaryl/α,β-unsaturated/α-hetero) is 1. The van der Waals surface area contributed by atoms with E-state index in [1.54, 1.807) is 18.7 Å². The van der Waals surface area contributed by atoms with Gasteiger partial charge in [0, 0.05) is 27.1 Å². The summed E-state index contributed by atoms with van der Waals surface area (Å²) in [6, 6.07) is 0. The third kappa shape index (κ3) is 4.40. The minimum atomic E-state index is -0.371. The summed E-state index contributed by atoms with van der Waals surface area (Å²) in [5.74, 6) is 0.118. The summed E-state index contributed by atoms with van der Waals surface area (Å²) in [4.78, 5) is 39.4. The normalized spacial score (nSPS) is 10.5. The van der Waals surface area contributed by atoms with Crippen molar-refractivity contribution < 1.29 is 4.79 Å². The van der Waals surface area contributed by atoms with E-state index in [1.807, 2.05) is 0 Å². The Labute approximate surface area is 135 Å². The summed E-state index contributed by atoms with van der Waals surface area (Å²) in [5, 5.41) is 0. The van der Waals surface area contributed by atoms with E-state index < -0.39 is 0 Å². The van der Waals surface area contributed by atoms with Gasteiger partial charge in [0.15, 0.2) is 11.2 Å². The number of unbranched alkanes of at least 4 members (excludes halogenated alkanes) is 1. The second kappa shape index (κ2) is 8.45. The average Bonchev–Trinajstić information content (AvgIpc) is 2.87. The maximum Gasteiger partial charge on any atom is 0.332 e. The van der Waals surface area contributed by atoms with E-state index in [2.05, 4.69) is 18.8 Å². The fourth-order valence-corrected chi connectivity index (χ4v) is 2.24. The maximum absolute atomic E-state index is 12.3. The standard InChI is InChI=1S/C13H18N4O3.C3H8/c1-9(18)6-4-5-7-17-12(19)10-11(14-8-15(10)2)16(3)13(17)20;1-3-2/h8H,4-7H2,1-3H3;3H2,1-2H3. The van der Waals surface area contributed by atoms with Crippen molar-refractivity contribution in [1.29, 1.82) is 0 Å². The number of fused-ring (bicyclic) bond motifs is 1. The topological polar surface area (TPSA) is 78.9 Å². The Morgan fingerprint density at radius 1 is 1.17 bits per heavy atom. The molecular weight excluding hydrogens is 296 g/mol. The summed E-state index contributed by atoms with van der Waals surface area (Å²) < 4.78 is 4.20. The van der Waals surface area contributed by atoms with Gasteiger partial charge in [-0.15, -0.1) is 0 Å². The minimum Gasteiger partial charge on any atom is -0.328 e. The molecule has 0 atom stereocenters. The second-order valence-electron chi connectivity index (χ2n) is 5.69. The molecule has 0 N–H and O–H groups in total. The molecule has 2 heterocycles. The van der Waals surface area contributed by atoms with Crippen molar-refractivity contribution in [3.63, 3.8) is 0 Å². The van der Waals surface area contributed by atoms with E-state index in [1.165, 1.54) is 28.8 Å². The molecule has 2 rings (SSSR count). The van der Waals surface area contributed by atoms with E-state index in [9.17, 15) is 14.4 Å². The molecule has 0 aliphatic heterocycles. The van der Waals surface area contributed by atoms with Crippen molar-refractivity contribution in [1.82, 2.24) is 18.7 Å². The maximum atomic E-state index is 12.3. The highest BCUT2D eigenvalue weighted by atomic mass is 16.2. The third-order valence-electron chi connectivity index (χ3n) is 3.36. The Hall–Kier alpha value is -2.18. The predicted molar refractivity (Wildman–Crippen MR) is 90.7 cm³/mol. The van der Waals surface area contributed by atoms with Crippen LogP contribution in [0, 0.1) is 0 Å². The molecule has 0 saturated heterocycles. The molecule has 2 aromatic heterocycles. The number of aryl methyl sites for hydroxylation is 2. The monoisotopic (exact) mass is 322 g/mol. The largest absolute Gasteiger partial charge is 0.332 e. The van der Waals surface area contributed by atoms with Crippen molar-refractivity contribution in [2.75, 3.05) is 0 Å². The average molecular weight is 322 g/mol. The first-order chi connectivity index (χ1) is 10.8. The Morgan fingerprint density at radius 3 is 2.35 bits per heavy atom. The lowest BCUT2D eigenvalue weighted by Gasteiger charge is -2.08. The summed E-state index contributed by atoms with van der Waals surface area (Å²) in [7, 11) is 3.32. The molecule has 0 bridgehead atoms. The molecule has 0 spiro atoms. The summed E-state index contributed by atoms with van der Waals surface area (Å²) in [5.41, 5.74) is 0.108. The first-order valence-corrected chi connectivity index (χ1v) is 7.95. The van der Waals surface area contributed by atoms with Gasteiger partial charge in [0.2, 0.25) is 0 Å². The van der Waals surface area contributed by atoms with E-state index >= 15 is 0 Å². The molecule has 0 saturated carbocycles. The van der Waals surface area contributed by atoms with Gasteiger partial charge in [-0.2, -0.15) is 0 Å². The number of imidazole rings is 1. The van der Waals surface area contributed by atoms with Crippen molar-refractivity contribution in [3.8, 4) is 0 Å². The summed E-state index contributed by atoms with van der Waals surface area (Å²) in [6.07, 6.45) is 4.54. The van der Waals surface area contributed by atoms with E-state index in [4.69, 9.17) is 0 Å². The lowest BCUT2D eigenvalue weighted by molar-refractivity contribution is -0.117. The first kappa shape index (κ1) is 18.9. The molecule has 0 aromatic carbocycles. The molecule has 0 fully saturated rings. The van der Waals surface area contributed by atoms with Crippen LogP contribution in [0.4, 0.5) is 0 Å². The third-order valence-corrected chi connectivity index (χ3v) is 3.36. The predicted octanol–water partition coefficient (Wildman–Crippen LogP) is 1.61. The number of rotatable bonds is 5. The highest BCUT2D eigenvalue weighted by Crippen LogP contribution is 2.04. The zero-order chi connectivity index (χ0) is 17.6. The smallest absolute Gasteiger partial charge is 0.328 e. The lowest BCUT2D eigenvalue weighted by atomic mass is 10.2. The van der Waals surface area contributed by atoms with Crippen molar-refractivity contribution in [2.45, 2.75) is 53.0 Å². The highest BCUT2D eigenvalue weighted by Gasteiger charge is 2.14. The number of hydrogen-bond acceptors (Lipinski definition) is 4. The van der Waals surface area contributed by atoms with Gasteiger partial charge in [-0.25, -0.2) is 9.78 Å². The minimum absolute atomic E-state index is 0.118. The fraction of sp³-hybridized carbons (Fsp3) is 0.625. The van der Waals surface area contributed by atoms with Crippen LogP contribution >= 0.6 is 0 Å². The number of carbonyl (C=O) groups excluding carboxylic acids is 1. The number of nitrogens with zero attached hydrogens (tertiary/aromatic N) is 4. The highest BCUT2D eigenvalue weighted by molar-refractivity contribution is 5.75. The van der Waals surface area contributed by atoms with Crippen LogP contribution in [0.2, 0.25) is 0 Å². The van der Waals surface area contributed by atoms with Gasteiger partial charge in [-0.1, -0.05) is 20.3 Å². The van der Waals surface area contributed by atoms with Crippen molar-refractivity contribution in [2.24, 2.45) is 14.1 Å². The van der Waals surface area contributed by atoms with E-state index in [0.29, 0.717) is 37.0 Å². The van der Waals surface area contributed by atoms with Gasteiger partial charge < -0.3 is 9.36 Å². The van der Waals surface area contributed by atoms with E-state index in [0.717, 1.165) is 0 Å². The number of carbonyl (C=O) groups is 1. The first-order valence-electron chi connectivity index (χ1n) is 7.95. The quantitative estimate of drug-likeness (QED) is 0.783. The zero-order valence-corrected chi connectivity index (χ0v) is 14.6.